The van der Waals surface area contributed by atoms with Crippen LogP contribution in [0.2, 0.25) is 0 Å². The number of rotatable bonds is 4. The second-order valence-corrected chi connectivity index (χ2v) is 2.54. The zero-order chi connectivity index (χ0) is 6.69. The molecule has 0 aromatic rings. The highest BCUT2D eigenvalue weighted by atomic mass is 32.1. The van der Waals surface area contributed by atoms with Crippen molar-refractivity contribution >= 4 is 17.7 Å². The minimum absolute atomic E-state index is 0.820. The van der Waals surface area contributed by atoms with Crippen molar-refractivity contribution in [1.29, 1.82) is 0 Å². The Morgan fingerprint density at radius 1 is 1.78 bits per heavy atom. The molecule has 1 aliphatic rings. The number of hydrogen-bond acceptors (Lipinski definition) is 3. The lowest BCUT2D eigenvalue weighted by atomic mass is 10.4. The van der Waals surface area contributed by atoms with Crippen LogP contribution in [0.15, 0.2) is 0 Å². The van der Waals surface area contributed by atoms with E-state index in [2.05, 4.69) is 17.8 Å². The van der Waals surface area contributed by atoms with E-state index < -0.39 is 0 Å². The first-order valence-electron chi connectivity index (χ1n) is 3.05. The molecule has 3 nitrogen and oxygen atoms in total. The Labute approximate surface area is 60.1 Å². The quantitative estimate of drug-likeness (QED) is 0.333. The van der Waals surface area contributed by atoms with Gasteiger partial charge in [0.1, 0.15) is 0 Å². The smallest absolute Gasteiger partial charge is 0.0801 e. The fourth-order valence-electron chi connectivity index (χ4n) is 0.705. The summed E-state index contributed by atoms with van der Waals surface area (Å²) in [6.45, 7) is 0.958. The first kappa shape index (κ1) is 6.92. The molecule has 0 bridgehead atoms. The van der Waals surface area contributed by atoms with E-state index in [9.17, 15) is 0 Å². The molecule has 0 radical (unpaired) electrons. The first-order chi connectivity index (χ1) is 4.36. The summed E-state index contributed by atoms with van der Waals surface area (Å²) >= 11 is 4.68. The zero-order valence-electron chi connectivity index (χ0n) is 5.21. The molecule has 9 heavy (non-hydrogen) atoms. The van der Waals surface area contributed by atoms with Crippen LogP contribution in [0.5, 0.6) is 0 Å². The molecule has 4 heteroatoms. The molecule has 0 aromatic heterocycles. The van der Waals surface area contributed by atoms with Gasteiger partial charge < -0.3 is 0 Å². The van der Waals surface area contributed by atoms with Gasteiger partial charge in [-0.1, -0.05) is 12.2 Å². The average Bonchev–Trinajstić information content (AvgIpc) is 2.66. The van der Waals surface area contributed by atoms with Crippen molar-refractivity contribution < 1.29 is 0 Å². The van der Waals surface area contributed by atoms with E-state index >= 15 is 0 Å². The summed E-state index contributed by atoms with van der Waals surface area (Å²) in [6.07, 6.45) is 2.64. The van der Waals surface area contributed by atoms with Crippen LogP contribution in [0, 0.1) is 5.92 Å². The number of hydrogen-bond donors (Lipinski definition) is 2. The first-order valence-corrected chi connectivity index (χ1v) is 3.52. The van der Waals surface area contributed by atoms with E-state index in [1.54, 1.807) is 10.5 Å². The lowest BCUT2D eigenvalue weighted by molar-refractivity contribution is 0.315. The number of hydrazine groups is 2. The Kier molecular flexibility index (Phi) is 2.38. The van der Waals surface area contributed by atoms with Gasteiger partial charge >= 0.3 is 0 Å². The van der Waals surface area contributed by atoms with Gasteiger partial charge in [-0.25, -0.2) is 0 Å². The summed E-state index contributed by atoms with van der Waals surface area (Å²) < 4.78 is 0. The Morgan fingerprint density at radius 3 is 2.78 bits per heavy atom. The molecule has 0 saturated heterocycles. The van der Waals surface area contributed by atoms with E-state index in [0.29, 0.717) is 0 Å². The molecule has 1 aliphatic carbocycles. The maximum Gasteiger partial charge on any atom is 0.0801 e. The number of nitrogens with two attached hydrogens (primary N) is 1. The van der Waals surface area contributed by atoms with Crippen molar-refractivity contribution in [2.75, 3.05) is 6.54 Å². The van der Waals surface area contributed by atoms with Gasteiger partial charge in [-0.3, -0.25) is 10.9 Å². The van der Waals surface area contributed by atoms with E-state index in [4.69, 9.17) is 5.84 Å². The molecule has 0 spiro atoms. The van der Waals surface area contributed by atoms with Crippen LogP contribution in [0.25, 0.3) is 0 Å². The van der Waals surface area contributed by atoms with Crippen molar-refractivity contribution in [1.82, 2.24) is 10.5 Å². The largest absolute Gasteiger partial charge is 0.291 e. The molecule has 0 aromatic carbocycles. The number of thiocarbonyl (C=S) groups is 1. The number of nitrogens with one attached hydrogen (secondary N) is 1. The van der Waals surface area contributed by atoms with Gasteiger partial charge in [0.05, 0.1) is 5.49 Å². The van der Waals surface area contributed by atoms with Gasteiger partial charge in [0, 0.05) is 6.54 Å². The molecule has 0 aliphatic heterocycles. The van der Waals surface area contributed by atoms with Crippen LogP contribution in [0.3, 0.4) is 0 Å². The minimum atomic E-state index is 0.820. The van der Waals surface area contributed by atoms with Gasteiger partial charge in [-0.05, 0) is 18.8 Å². The Hall–Kier alpha value is -0.190. The molecule has 0 atom stereocenters. The van der Waals surface area contributed by atoms with Gasteiger partial charge in [-0.2, -0.15) is 5.53 Å². The monoisotopic (exact) mass is 145 g/mol. The van der Waals surface area contributed by atoms with Gasteiger partial charge in [0.15, 0.2) is 0 Å². The molecule has 0 heterocycles. The highest BCUT2D eigenvalue weighted by Gasteiger charge is 2.22. The molecule has 0 unspecified atom stereocenters. The molecular formula is C5H11N3S. The molecule has 0 amide bonds. The lowest BCUT2D eigenvalue weighted by Gasteiger charge is -2.15. The van der Waals surface area contributed by atoms with Crippen LogP contribution in [0.1, 0.15) is 12.8 Å². The summed E-state index contributed by atoms with van der Waals surface area (Å²) in [5.74, 6) is 5.96. The predicted octanol–water partition coefficient (Wildman–Crippen LogP) is 0.0339. The van der Waals surface area contributed by atoms with Crippen molar-refractivity contribution in [2.45, 2.75) is 12.8 Å². The normalized spacial score (nSPS) is 17.4. The van der Waals surface area contributed by atoms with E-state index in [-0.39, 0.29) is 0 Å². The Bertz CT molecular complexity index is 102. The third-order valence-electron chi connectivity index (χ3n) is 1.44. The maximum atomic E-state index is 5.14. The van der Waals surface area contributed by atoms with Crippen LogP contribution in [0.4, 0.5) is 0 Å². The van der Waals surface area contributed by atoms with Crippen LogP contribution < -0.4 is 11.4 Å². The van der Waals surface area contributed by atoms with Crippen LogP contribution in [-0.2, 0) is 0 Å². The van der Waals surface area contributed by atoms with Gasteiger partial charge in [0.25, 0.3) is 0 Å². The van der Waals surface area contributed by atoms with Gasteiger partial charge in [0.2, 0.25) is 0 Å². The lowest BCUT2D eigenvalue weighted by Crippen LogP contribution is -2.42. The molecule has 1 saturated carbocycles. The second-order valence-electron chi connectivity index (χ2n) is 2.33. The van der Waals surface area contributed by atoms with Crippen molar-refractivity contribution in [3.05, 3.63) is 0 Å². The Morgan fingerprint density at radius 2 is 2.44 bits per heavy atom. The van der Waals surface area contributed by atoms with E-state index in [1.165, 1.54) is 12.8 Å². The fraction of sp³-hybridized carbons (Fsp3) is 0.800. The fourth-order valence-corrected chi connectivity index (χ4v) is 0.852. The molecule has 52 valence electrons. The summed E-state index contributed by atoms with van der Waals surface area (Å²) in [4.78, 5) is 0. The highest BCUT2D eigenvalue weighted by molar-refractivity contribution is 7.78. The summed E-state index contributed by atoms with van der Waals surface area (Å²) in [5, 5.41) is 1.73. The third kappa shape index (κ3) is 2.26. The summed E-state index contributed by atoms with van der Waals surface area (Å²) in [7, 11) is 0. The summed E-state index contributed by atoms with van der Waals surface area (Å²) in [5.41, 5.74) is 4.04. The van der Waals surface area contributed by atoms with Crippen LogP contribution in [-0.4, -0.2) is 17.0 Å². The molecule has 3 N–H and O–H groups in total. The molecule has 1 fully saturated rings. The number of nitrogens with zero attached hydrogens (tertiary/aromatic N) is 1. The zero-order valence-corrected chi connectivity index (χ0v) is 6.03. The van der Waals surface area contributed by atoms with Gasteiger partial charge in [-0.15, -0.1) is 0 Å². The average molecular weight is 145 g/mol. The maximum absolute atomic E-state index is 5.14. The Balaban J connectivity index is 2.12. The minimum Gasteiger partial charge on any atom is -0.291 e. The van der Waals surface area contributed by atoms with Crippen molar-refractivity contribution in [3.8, 4) is 0 Å². The predicted molar refractivity (Wildman–Crippen MR) is 40.4 cm³/mol. The molecule has 1 rings (SSSR count). The standard InChI is InChI=1S/C5H11N3S/c6-7-8(4-9)3-5-1-2-5/h4-5,7H,1-3,6H2. The topological polar surface area (TPSA) is 41.3 Å². The SMILES string of the molecule is NNN(C=S)CC1CC1. The summed E-state index contributed by atoms with van der Waals surface area (Å²) in [6, 6.07) is 0. The van der Waals surface area contributed by atoms with Crippen LogP contribution >= 0.6 is 12.2 Å². The van der Waals surface area contributed by atoms with E-state index in [1.807, 2.05) is 0 Å². The highest BCUT2D eigenvalue weighted by Crippen LogP contribution is 2.28. The third-order valence-corrected chi connectivity index (χ3v) is 1.70. The molecular weight excluding hydrogens is 134 g/mol. The van der Waals surface area contributed by atoms with Crippen molar-refractivity contribution in [3.63, 3.8) is 0 Å². The van der Waals surface area contributed by atoms with E-state index in [0.717, 1.165) is 12.5 Å². The van der Waals surface area contributed by atoms with Crippen molar-refractivity contribution in [2.24, 2.45) is 11.8 Å². The second kappa shape index (κ2) is 3.10.